The van der Waals surface area contributed by atoms with E-state index in [0.717, 1.165) is 0 Å². The molecule has 6 heteroatoms. The van der Waals surface area contributed by atoms with Crippen molar-refractivity contribution in [3.63, 3.8) is 0 Å². The lowest BCUT2D eigenvalue weighted by molar-refractivity contribution is 0.102. The van der Waals surface area contributed by atoms with Crippen molar-refractivity contribution < 1.29 is 9.18 Å². The number of nitrogens with one attached hydrogen (secondary N) is 2. The largest absolute Gasteiger partial charge is 0.381 e. The summed E-state index contributed by atoms with van der Waals surface area (Å²) in [4.78, 5) is 12.0. The van der Waals surface area contributed by atoms with Crippen molar-refractivity contribution in [3.8, 4) is 0 Å². The van der Waals surface area contributed by atoms with Gasteiger partial charge in [-0.1, -0.05) is 6.07 Å². The lowest BCUT2D eigenvalue weighted by atomic mass is 10.2. The number of rotatable bonds is 4. The number of benzene rings is 1. The van der Waals surface area contributed by atoms with E-state index in [1.165, 1.54) is 10.7 Å². The Kier molecular flexibility index (Phi) is 4.02. The number of anilines is 2. The van der Waals surface area contributed by atoms with E-state index in [0.29, 0.717) is 5.69 Å². The van der Waals surface area contributed by atoms with Crippen LogP contribution in [-0.2, 0) is 7.05 Å². The average Bonchev–Trinajstić information content (AvgIpc) is 2.79. The second kappa shape index (κ2) is 5.73. The van der Waals surface area contributed by atoms with Crippen LogP contribution >= 0.6 is 0 Å². The van der Waals surface area contributed by atoms with Crippen molar-refractivity contribution in [2.24, 2.45) is 7.05 Å². The lowest BCUT2D eigenvalue weighted by Crippen LogP contribution is -2.18. The Bertz CT molecular complexity index is 621. The fourth-order valence-electron chi connectivity index (χ4n) is 1.80. The highest BCUT2D eigenvalue weighted by atomic mass is 19.1. The third-order valence-electron chi connectivity index (χ3n) is 2.64. The molecule has 2 rings (SSSR count). The number of nitrogens with zero attached hydrogens (tertiary/aromatic N) is 2. The molecule has 1 aromatic carbocycles. The molecule has 20 heavy (non-hydrogen) atoms. The third kappa shape index (κ3) is 3.14. The predicted octanol–water partition coefficient (Wildman–Crippen LogP) is 2.63. The highest BCUT2D eigenvalue weighted by molar-refractivity contribution is 6.04. The summed E-state index contributed by atoms with van der Waals surface area (Å²) >= 11 is 0. The Morgan fingerprint density at radius 2 is 2.10 bits per heavy atom. The molecule has 0 unspecified atom stereocenters. The molecule has 0 saturated heterocycles. The van der Waals surface area contributed by atoms with E-state index in [-0.39, 0.29) is 17.4 Å². The molecule has 0 aliphatic heterocycles. The first-order valence-corrected chi connectivity index (χ1v) is 6.33. The Hall–Kier alpha value is -2.37. The van der Waals surface area contributed by atoms with Gasteiger partial charge in [0.1, 0.15) is 11.5 Å². The van der Waals surface area contributed by atoms with E-state index in [2.05, 4.69) is 15.7 Å². The molecule has 0 atom stereocenters. The van der Waals surface area contributed by atoms with E-state index < -0.39 is 11.7 Å². The zero-order valence-corrected chi connectivity index (χ0v) is 11.6. The molecule has 0 saturated carbocycles. The topological polar surface area (TPSA) is 58.9 Å². The molecule has 2 aromatic rings. The van der Waals surface area contributed by atoms with Gasteiger partial charge < -0.3 is 10.6 Å². The minimum absolute atomic E-state index is 0.127. The van der Waals surface area contributed by atoms with Crippen molar-refractivity contribution in [1.82, 2.24) is 9.78 Å². The van der Waals surface area contributed by atoms with Crippen LogP contribution in [0.2, 0.25) is 0 Å². The Balaban J connectivity index is 2.26. The highest BCUT2D eigenvalue weighted by Gasteiger charge is 2.15. The number of aryl methyl sites for hydroxylation is 1. The van der Waals surface area contributed by atoms with Crippen LogP contribution in [0.3, 0.4) is 0 Å². The van der Waals surface area contributed by atoms with Gasteiger partial charge in [-0.3, -0.25) is 9.48 Å². The lowest BCUT2D eigenvalue weighted by Gasteiger charge is -2.15. The molecular formula is C14H17FN4O. The van der Waals surface area contributed by atoms with E-state index in [9.17, 15) is 9.18 Å². The van der Waals surface area contributed by atoms with Crippen molar-refractivity contribution >= 4 is 17.3 Å². The van der Waals surface area contributed by atoms with Crippen molar-refractivity contribution in [1.29, 1.82) is 0 Å². The third-order valence-corrected chi connectivity index (χ3v) is 2.64. The number of amides is 1. The second-order valence-electron chi connectivity index (χ2n) is 4.79. The summed E-state index contributed by atoms with van der Waals surface area (Å²) in [5.41, 5.74) is 0.924. The fraction of sp³-hybridized carbons (Fsp3) is 0.286. The minimum atomic E-state index is -0.486. The number of carbonyl (C=O) groups excluding carboxylic acids is 1. The molecule has 1 amide bonds. The Labute approximate surface area is 116 Å². The van der Waals surface area contributed by atoms with Gasteiger partial charge in [-0.15, -0.1) is 0 Å². The maximum atomic E-state index is 13.9. The summed E-state index contributed by atoms with van der Waals surface area (Å²) in [6, 6.07) is 6.32. The number of para-hydroxylation sites is 1. The minimum Gasteiger partial charge on any atom is -0.381 e. The van der Waals surface area contributed by atoms with Gasteiger partial charge in [0.15, 0.2) is 5.69 Å². The van der Waals surface area contributed by atoms with Gasteiger partial charge >= 0.3 is 0 Å². The summed E-state index contributed by atoms with van der Waals surface area (Å²) in [5.74, 6) is -0.928. The molecule has 1 aromatic heterocycles. The standard InChI is InChI=1S/C14H17FN4O/c1-9(2)16-11-6-4-5-10(15)13(11)17-14(20)12-7-8-19(3)18-12/h4-9,16H,1-3H3,(H,17,20). The monoisotopic (exact) mass is 276 g/mol. The zero-order chi connectivity index (χ0) is 14.7. The number of halogens is 1. The summed E-state index contributed by atoms with van der Waals surface area (Å²) in [6.45, 7) is 3.88. The smallest absolute Gasteiger partial charge is 0.276 e. The average molecular weight is 276 g/mol. The maximum absolute atomic E-state index is 13.9. The normalized spacial score (nSPS) is 10.7. The first-order valence-electron chi connectivity index (χ1n) is 6.33. The summed E-state index contributed by atoms with van der Waals surface area (Å²) in [5, 5.41) is 9.65. The molecule has 0 aliphatic rings. The molecule has 1 heterocycles. The molecule has 106 valence electrons. The van der Waals surface area contributed by atoms with Crippen LogP contribution in [0.4, 0.5) is 15.8 Å². The van der Waals surface area contributed by atoms with Gasteiger partial charge in [-0.25, -0.2) is 4.39 Å². The number of aromatic nitrogens is 2. The van der Waals surface area contributed by atoms with E-state index >= 15 is 0 Å². The number of carbonyl (C=O) groups is 1. The number of hydrogen-bond acceptors (Lipinski definition) is 3. The van der Waals surface area contributed by atoms with Crippen LogP contribution in [-0.4, -0.2) is 21.7 Å². The molecule has 0 bridgehead atoms. The quantitative estimate of drug-likeness (QED) is 0.902. The zero-order valence-electron chi connectivity index (χ0n) is 11.6. The van der Waals surface area contributed by atoms with Gasteiger partial charge in [0.25, 0.3) is 5.91 Å². The highest BCUT2D eigenvalue weighted by Crippen LogP contribution is 2.26. The van der Waals surface area contributed by atoms with Crippen LogP contribution in [0, 0.1) is 5.82 Å². The van der Waals surface area contributed by atoms with E-state index in [1.807, 2.05) is 13.8 Å². The van der Waals surface area contributed by atoms with Crippen molar-refractivity contribution in [2.75, 3.05) is 10.6 Å². The summed E-state index contributed by atoms with van der Waals surface area (Å²) < 4.78 is 15.4. The SMILES string of the molecule is CC(C)Nc1cccc(F)c1NC(=O)c1ccn(C)n1. The molecule has 0 fully saturated rings. The van der Waals surface area contributed by atoms with Gasteiger partial charge in [-0.05, 0) is 32.0 Å². The Morgan fingerprint density at radius 1 is 1.35 bits per heavy atom. The molecule has 0 aliphatic carbocycles. The number of hydrogen-bond donors (Lipinski definition) is 2. The first kappa shape index (κ1) is 14.0. The maximum Gasteiger partial charge on any atom is 0.276 e. The van der Waals surface area contributed by atoms with Crippen molar-refractivity contribution in [2.45, 2.75) is 19.9 Å². The van der Waals surface area contributed by atoms with Gasteiger partial charge in [-0.2, -0.15) is 5.10 Å². The summed E-state index contributed by atoms with van der Waals surface area (Å²) in [7, 11) is 1.71. The van der Waals surface area contributed by atoms with Gasteiger partial charge in [0.05, 0.1) is 5.69 Å². The van der Waals surface area contributed by atoms with Crippen molar-refractivity contribution in [3.05, 3.63) is 42.0 Å². The van der Waals surface area contributed by atoms with E-state index in [4.69, 9.17) is 0 Å². The molecule has 0 spiro atoms. The van der Waals surface area contributed by atoms with E-state index in [1.54, 1.807) is 31.4 Å². The van der Waals surface area contributed by atoms with Crippen LogP contribution in [0.15, 0.2) is 30.5 Å². The molecular weight excluding hydrogens is 259 g/mol. The van der Waals surface area contributed by atoms with Crippen LogP contribution in [0.1, 0.15) is 24.3 Å². The first-order chi connectivity index (χ1) is 9.47. The molecule has 5 nitrogen and oxygen atoms in total. The second-order valence-corrected chi connectivity index (χ2v) is 4.79. The van der Waals surface area contributed by atoms with Gasteiger partial charge in [0, 0.05) is 19.3 Å². The van der Waals surface area contributed by atoms with Crippen LogP contribution in [0.25, 0.3) is 0 Å². The van der Waals surface area contributed by atoms with Gasteiger partial charge in [0.2, 0.25) is 0 Å². The van der Waals surface area contributed by atoms with Crippen LogP contribution in [0.5, 0.6) is 0 Å². The Morgan fingerprint density at radius 3 is 2.70 bits per heavy atom. The fourth-order valence-corrected chi connectivity index (χ4v) is 1.80. The molecule has 2 N–H and O–H groups in total. The van der Waals surface area contributed by atoms with Crippen LogP contribution < -0.4 is 10.6 Å². The molecule has 0 radical (unpaired) electrons. The summed E-state index contributed by atoms with van der Waals surface area (Å²) in [6.07, 6.45) is 1.66. The predicted molar refractivity (Wildman–Crippen MR) is 76.3 cm³/mol.